The third-order valence-electron chi connectivity index (χ3n) is 2.89. The number of rotatable bonds is 3. The van der Waals surface area contributed by atoms with Crippen LogP contribution in [0.15, 0.2) is 24.5 Å². The van der Waals surface area contributed by atoms with E-state index < -0.39 is 0 Å². The number of hydrogen-bond donors (Lipinski definition) is 0. The molecule has 2 aromatic rings. The Bertz CT molecular complexity index is 545. The maximum absolute atomic E-state index is 13.5. The van der Waals surface area contributed by atoms with Gasteiger partial charge in [-0.15, -0.1) is 20.4 Å². The van der Waals surface area contributed by atoms with Gasteiger partial charge in [0.25, 0.3) is 0 Å². The summed E-state index contributed by atoms with van der Waals surface area (Å²) in [5, 5.41) is 14.8. The number of aromatic nitrogens is 4. The van der Waals surface area contributed by atoms with Crippen LogP contribution >= 0.6 is 0 Å². The van der Waals surface area contributed by atoms with Crippen molar-refractivity contribution in [3.05, 3.63) is 30.3 Å². The quantitative estimate of drug-likeness (QED) is 0.829. The lowest BCUT2D eigenvalue weighted by Crippen LogP contribution is -2.24. The van der Waals surface area contributed by atoms with E-state index in [1.54, 1.807) is 6.07 Å². The molecule has 18 heavy (non-hydrogen) atoms. The van der Waals surface area contributed by atoms with Gasteiger partial charge in [0.1, 0.15) is 11.6 Å². The third-order valence-corrected chi connectivity index (χ3v) is 2.89. The van der Waals surface area contributed by atoms with Crippen molar-refractivity contribution in [3.8, 4) is 17.1 Å². The van der Waals surface area contributed by atoms with Gasteiger partial charge in [0, 0.05) is 11.6 Å². The molecule has 1 aliphatic carbocycles. The first-order valence-electron chi connectivity index (χ1n) is 5.79. The Morgan fingerprint density at radius 2 is 1.89 bits per heavy atom. The normalized spacial score (nSPS) is 15.2. The van der Waals surface area contributed by atoms with E-state index in [2.05, 4.69) is 20.4 Å². The molecule has 92 valence electrons. The van der Waals surface area contributed by atoms with Crippen LogP contribution in [0.4, 0.5) is 4.39 Å². The van der Waals surface area contributed by atoms with Crippen molar-refractivity contribution in [2.75, 3.05) is 0 Å². The fourth-order valence-corrected chi connectivity index (χ4v) is 1.76. The van der Waals surface area contributed by atoms with Gasteiger partial charge in [-0.25, -0.2) is 4.39 Å². The molecule has 0 N–H and O–H groups in total. The summed E-state index contributed by atoms with van der Waals surface area (Å²) < 4.78 is 19.2. The molecule has 1 aromatic carbocycles. The van der Waals surface area contributed by atoms with E-state index in [1.807, 2.05) is 0 Å². The van der Waals surface area contributed by atoms with Crippen LogP contribution in [-0.4, -0.2) is 26.5 Å². The second-order valence-corrected chi connectivity index (χ2v) is 4.22. The predicted octanol–water partition coefficient (Wildman–Crippen LogP) is 2.00. The summed E-state index contributed by atoms with van der Waals surface area (Å²) in [6, 6.07) is 4.41. The smallest absolute Gasteiger partial charge is 0.203 e. The highest BCUT2D eigenvalue weighted by Gasteiger charge is 2.19. The Labute approximate surface area is 103 Å². The fourth-order valence-electron chi connectivity index (χ4n) is 1.76. The molecule has 0 amide bonds. The van der Waals surface area contributed by atoms with Crippen molar-refractivity contribution in [2.45, 2.75) is 25.4 Å². The summed E-state index contributed by atoms with van der Waals surface area (Å²) >= 11 is 0. The molecule has 5 nitrogen and oxygen atoms in total. The van der Waals surface area contributed by atoms with Gasteiger partial charge in [0.05, 0.1) is 6.10 Å². The lowest BCUT2D eigenvalue weighted by atomic mass is 9.96. The van der Waals surface area contributed by atoms with Crippen LogP contribution in [0.2, 0.25) is 0 Å². The van der Waals surface area contributed by atoms with E-state index in [0.717, 1.165) is 12.8 Å². The Morgan fingerprint density at radius 1 is 1.11 bits per heavy atom. The largest absolute Gasteiger partial charge is 0.490 e. The van der Waals surface area contributed by atoms with Crippen molar-refractivity contribution in [3.63, 3.8) is 0 Å². The number of nitrogens with zero attached hydrogens (tertiary/aromatic N) is 4. The van der Waals surface area contributed by atoms with Gasteiger partial charge in [-0.1, -0.05) is 0 Å². The van der Waals surface area contributed by atoms with Crippen LogP contribution in [0, 0.1) is 5.82 Å². The molecule has 0 bridgehead atoms. The number of benzene rings is 1. The van der Waals surface area contributed by atoms with E-state index in [-0.39, 0.29) is 17.7 Å². The lowest BCUT2D eigenvalue weighted by molar-refractivity contribution is 0.120. The second kappa shape index (κ2) is 4.64. The first-order chi connectivity index (χ1) is 8.81. The Morgan fingerprint density at radius 3 is 2.56 bits per heavy atom. The van der Waals surface area contributed by atoms with Crippen LogP contribution in [0.1, 0.15) is 19.3 Å². The SMILES string of the molecule is Fc1cc(OC2CCC2)cc(-c2nncnn2)c1. The minimum absolute atomic E-state index is 0.201. The van der Waals surface area contributed by atoms with Gasteiger partial charge >= 0.3 is 0 Å². The lowest BCUT2D eigenvalue weighted by Gasteiger charge is -2.26. The Hall–Kier alpha value is -2.11. The molecule has 0 spiro atoms. The van der Waals surface area contributed by atoms with Gasteiger partial charge in [0.15, 0.2) is 6.33 Å². The summed E-state index contributed by atoms with van der Waals surface area (Å²) in [7, 11) is 0. The Balaban J connectivity index is 1.90. The molecule has 1 fully saturated rings. The molecule has 3 rings (SSSR count). The third kappa shape index (κ3) is 2.27. The molecule has 0 radical (unpaired) electrons. The van der Waals surface area contributed by atoms with Gasteiger partial charge in [0.2, 0.25) is 5.82 Å². The molecule has 0 saturated heterocycles. The van der Waals surface area contributed by atoms with Crippen molar-refractivity contribution >= 4 is 0 Å². The standard InChI is InChI=1S/C12H11FN4O/c13-9-4-8(12-16-14-7-15-17-12)5-11(6-9)18-10-2-1-3-10/h4-7,10H,1-3H2. The average molecular weight is 246 g/mol. The minimum atomic E-state index is -0.380. The average Bonchev–Trinajstić information content (AvgIpc) is 2.34. The topological polar surface area (TPSA) is 60.8 Å². The van der Waals surface area contributed by atoms with E-state index in [4.69, 9.17) is 4.74 Å². The van der Waals surface area contributed by atoms with E-state index in [1.165, 1.54) is 24.9 Å². The molecule has 0 unspecified atom stereocenters. The van der Waals surface area contributed by atoms with Crippen LogP contribution in [-0.2, 0) is 0 Å². The number of hydrogen-bond acceptors (Lipinski definition) is 5. The van der Waals surface area contributed by atoms with Crippen LogP contribution < -0.4 is 4.74 Å². The van der Waals surface area contributed by atoms with Crippen molar-refractivity contribution in [1.82, 2.24) is 20.4 Å². The van der Waals surface area contributed by atoms with Crippen LogP contribution in [0.3, 0.4) is 0 Å². The molecule has 1 saturated carbocycles. The molecule has 0 atom stereocenters. The van der Waals surface area contributed by atoms with Gasteiger partial charge in [-0.05, 0) is 31.4 Å². The molecular weight excluding hydrogens is 235 g/mol. The van der Waals surface area contributed by atoms with Crippen molar-refractivity contribution in [1.29, 1.82) is 0 Å². The van der Waals surface area contributed by atoms with E-state index in [9.17, 15) is 4.39 Å². The summed E-state index contributed by atoms with van der Waals surface area (Å²) in [4.78, 5) is 0. The molecule has 6 heteroatoms. The molecule has 0 aliphatic heterocycles. The van der Waals surface area contributed by atoms with E-state index in [0.29, 0.717) is 11.3 Å². The summed E-state index contributed by atoms with van der Waals surface area (Å²) in [5.41, 5.74) is 0.518. The summed E-state index contributed by atoms with van der Waals surface area (Å²) in [5.74, 6) is 0.409. The zero-order chi connectivity index (χ0) is 12.4. The van der Waals surface area contributed by atoms with E-state index >= 15 is 0 Å². The van der Waals surface area contributed by atoms with Crippen LogP contribution in [0.5, 0.6) is 5.75 Å². The molecule has 1 aliphatic rings. The number of halogens is 1. The highest BCUT2D eigenvalue weighted by molar-refractivity contribution is 5.56. The highest BCUT2D eigenvalue weighted by Crippen LogP contribution is 2.28. The second-order valence-electron chi connectivity index (χ2n) is 4.22. The minimum Gasteiger partial charge on any atom is -0.490 e. The monoisotopic (exact) mass is 246 g/mol. The summed E-state index contributed by atoms with van der Waals surface area (Å²) in [6.45, 7) is 0. The predicted molar refractivity (Wildman–Crippen MR) is 61.3 cm³/mol. The van der Waals surface area contributed by atoms with Gasteiger partial charge in [-0.3, -0.25) is 0 Å². The summed E-state index contributed by atoms with van der Waals surface area (Å²) in [6.07, 6.45) is 4.65. The molecule has 1 aromatic heterocycles. The molecular formula is C12H11FN4O. The first-order valence-corrected chi connectivity index (χ1v) is 5.79. The van der Waals surface area contributed by atoms with Crippen LogP contribution in [0.25, 0.3) is 11.4 Å². The van der Waals surface area contributed by atoms with Crippen molar-refractivity contribution < 1.29 is 9.13 Å². The maximum atomic E-state index is 13.5. The van der Waals surface area contributed by atoms with Gasteiger partial charge in [-0.2, -0.15) is 0 Å². The first kappa shape index (κ1) is 11.0. The molecule has 1 heterocycles. The highest BCUT2D eigenvalue weighted by atomic mass is 19.1. The van der Waals surface area contributed by atoms with Crippen molar-refractivity contribution in [2.24, 2.45) is 0 Å². The fraction of sp³-hybridized carbons (Fsp3) is 0.333. The maximum Gasteiger partial charge on any atom is 0.203 e. The zero-order valence-electron chi connectivity index (χ0n) is 9.58. The number of ether oxygens (including phenoxy) is 1. The Kier molecular flexibility index (Phi) is 2.84. The zero-order valence-corrected chi connectivity index (χ0v) is 9.58. The van der Waals surface area contributed by atoms with Gasteiger partial charge < -0.3 is 4.74 Å².